The van der Waals surface area contributed by atoms with Crippen molar-refractivity contribution >= 4 is 29.9 Å². The van der Waals surface area contributed by atoms with Gasteiger partial charge in [-0.1, -0.05) is 19.9 Å². The Bertz CT molecular complexity index is 796. The van der Waals surface area contributed by atoms with E-state index in [1.807, 2.05) is 32.6 Å². The highest BCUT2D eigenvalue weighted by atomic mass is 127. The van der Waals surface area contributed by atoms with Gasteiger partial charge in [0, 0.05) is 50.6 Å². The number of imidazole rings is 1. The molecule has 1 aromatic heterocycles. The van der Waals surface area contributed by atoms with Gasteiger partial charge >= 0.3 is 0 Å². The largest absolute Gasteiger partial charge is 0.357 e. The Morgan fingerprint density at radius 2 is 2.17 bits per heavy atom. The van der Waals surface area contributed by atoms with Crippen LogP contribution >= 0.6 is 24.0 Å². The molecule has 0 saturated carbocycles. The minimum Gasteiger partial charge on any atom is -0.357 e. The summed E-state index contributed by atoms with van der Waals surface area (Å²) in [5, 5.41) is 3.36. The Balaban J connectivity index is 0.00000300. The second-order valence-electron chi connectivity index (χ2n) is 7.55. The minimum atomic E-state index is -0.557. The number of piperidine rings is 1. The Kier molecular flexibility index (Phi) is 8.85. The predicted molar refractivity (Wildman–Crippen MR) is 123 cm³/mol. The van der Waals surface area contributed by atoms with Crippen molar-refractivity contribution in [3.05, 3.63) is 54.1 Å². The topological polar surface area (TPSA) is 45.5 Å². The summed E-state index contributed by atoms with van der Waals surface area (Å²) in [6.07, 6.45) is 6.75. The van der Waals surface area contributed by atoms with E-state index in [1.165, 1.54) is 12.1 Å². The fourth-order valence-corrected chi connectivity index (χ4v) is 3.74. The maximum absolute atomic E-state index is 14.1. The van der Waals surface area contributed by atoms with Crippen molar-refractivity contribution in [2.75, 3.05) is 26.2 Å². The molecule has 1 N–H and O–H groups in total. The van der Waals surface area contributed by atoms with E-state index >= 15 is 0 Å². The van der Waals surface area contributed by atoms with E-state index in [0.29, 0.717) is 24.1 Å². The summed E-state index contributed by atoms with van der Waals surface area (Å²) >= 11 is 0. The second-order valence-corrected chi connectivity index (χ2v) is 7.55. The lowest BCUT2D eigenvalue weighted by Crippen LogP contribution is -2.49. The van der Waals surface area contributed by atoms with Crippen LogP contribution in [0.15, 0.2) is 41.9 Å². The molecule has 3 atom stereocenters. The molecule has 2 aromatic rings. The molecule has 1 aliphatic heterocycles. The van der Waals surface area contributed by atoms with E-state index in [-0.39, 0.29) is 29.9 Å². The molecule has 29 heavy (non-hydrogen) atoms. The highest BCUT2D eigenvalue weighted by Crippen LogP contribution is 2.27. The molecule has 5 nitrogen and oxygen atoms in total. The van der Waals surface area contributed by atoms with Crippen molar-refractivity contribution < 1.29 is 8.78 Å². The number of nitrogens with one attached hydrogen (secondary N) is 1. The standard InChI is InChI=1S/C21H29F2N5.HI/c1-4-25-21(26-12-16(3)18-6-5-17(22)11-19(18)23)27-9-7-15(2)20(13-27)28-10-8-24-14-28;/h5-6,8,10-11,14-16,20H,4,7,9,12-13H2,1-3H3,(H,25,26);1H. The van der Waals surface area contributed by atoms with Crippen molar-refractivity contribution in [3.8, 4) is 0 Å². The molecule has 3 rings (SSSR count). The van der Waals surface area contributed by atoms with Crippen LogP contribution in [-0.4, -0.2) is 46.6 Å². The third-order valence-electron chi connectivity index (χ3n) is 5.47. The monoisotopic (exact) mass is 517 g/mol. The first-order valence-electron chi connectivity index (χ1n) is 9.95. The van der Waals surface area contributed by atoms with Gasteiger partial charge in [0.25, 0.3) is 0 Å². The van der Waals surface area contributed by atoms with Gasteiger partial charge in [-0.2, -0.15) is 0 Å². The van der Waals surface area contributed by atoms with Crippen molar-refractivity contribution in [2.45, 2.75) is 39.2 Å². The Morgan fingerprint density at radius 3 is 2.83 bits per heavy atom. The number of benzene rings is 1. The lowest BCUT2D eigenvalue weighted by molar-refractivity contribution is 0.189. The zero-order valence-electron chi connectivity index (χ0n) is 17.2. The molecule has 1 saturated heterocycles. The van der Waals surface area contributed by atoms with E-state index < -0.39 is 11.6 Å². The molecule has 0 amide bonds. The van der Waals surface area contributed by atoms with E-state index in [2.05, 4.69) is 26.7 Å². The van der Waals surface area contributed by atoms with Gasteiger partial charge < -0.3 is 14.8 Å². The molecule has 3 unspecified atom stereocenters. The molecule has 0 aliphatic carbocycles. The second kappa shape index (κ2) is 10.9. The highest BCUT2D eigenvalue weighted by Gasteiger charge is 2.29. The lowest BCUT2D eigenvalue weighted by atomic mass is 9.93. The Hall–Kier alpha value is -1.71. The highest BCUT2D eigenvalue weighted by molar-refractivity contribution is 14.0. The van der Waals surface area contributed by atoms with Gasteiger partial charge in [-0.3, -0.25) is 4.99 Å². The summed E-state index contributed by atoms with van der Waals surface area (Å²) in [5.41, 5.74) is 0.490. The zero-order valence-corrected chi connectivity index (χ0v) is 19.5. The van der Waals surface area contributed by atoms with Crippen LogP contribution in [0.2, 0.25) is 0 Å². The van der Waals surface area contributed by atoms with Crippen LogP contribution in [0, 0.1) is 17.6 Å². The lowest BCUT2D eigenvalue weighted by Gasteiger charge is -2.39. The molecular weight excluding hydrogens is 487 g/mol. The number of aromatic nitrogens is 2. The maximum Gasteiger partial charge on any atom is 0.194 e. The zero-order chi connectivity index (χ0) is 20.1. The van der Waals surface area contributed by atoms with Gasteiger partial charge in [0.15, 0.2) is 5.96 Å². The first-order valence-corrected chi connectivity index (χ1v) is 9.95. The van der Waals surface area contributed by atoms with Crippen LogP contribution in [0.5, 0.6) is 0 Å². The molecule has 8 heteroatoms. The third-order valence-corrected chi connectivity index (χ3v) is 5.47. The number of guanidine groups is 1. The van der Waals surface area contributed by atoms with Crippen LogP contribution in [-0.2, 0) is 0 Å². The summed E-state index contributed by atoms with van der Waals surface area (Å²) in [6.45, 7) is 9.20. The van der Waals surface area contributed by atoms with Crippen LogP contribution in [0.25, 0.3) is 0 Å². The normalized spacial score (nSPS) is 20.9. The van der Waals surface area contributed by atoms with Gasteiger partial charge in [-0.25, -0.2) is 13.8 Å². The maximum atomic E-state index is 14.1. The predicted octanol–water partition coefficient (Wildman–Crippen LogP) is 4.43. The number of nitrogens with zero attached hydrogens (tertiary/aromatic N) is 4. The molecule has 0 bridgehead atoms. The van der Waals surface area contributed by atoms with Gasteiger partial charge in [0.05, 0.1) is 12.4 Å². The van der Waals surface area contributed by atoms with Crippen molar-refractivity contribution in [2.24, 2.45) is 10.9 Å². The number of hydrogen-bond acceptors (Lipinski definition) is 2. The summed E-state index contributed by atoms with van der Waals surface area (Å²) in [6, 6.07) is 4.08. The average Bonchev–Trinajstić information content (AvgIpc) is 3.20. The molecular formula is C21H30F2IN5. The average molecular weight is 517 g/mol. The number of hydrogen-bond donors (Lipinski definition) is 1. The SMILES string of the molecule is CCNC(=NCC(C)c1ccc(F)cc1F)N1CCC(C)C(n2ccnc2)C1.I. The number of halogens is 3. The molecule has 1 aromatic carbocycles. The summed E-state index contributed by atoms with van der Waals surface area (Å²) in [5.74, 6) is 0.190. The summed E-state index contributed by atoms with van der Waals surface area (Å²) in [7, 11) is 0. The van der Waals surface area contributed by atoms with Crippen molar-refractivity contribution in [1.82, 2.24) is 19.8 Å². The molecule has 160 valence electrons. The van der Waals surface area contributed by atoms with E-state index in [0.717, 1.165) is 38.1 Å². The van der Waals surface area contributed by atoms with Crippen LogP contribution in [0.3, 0.4) is 0 Å². The van der Waals surface area contributed by atoms with Crippen LogP contribution in [0.1, 0.15) is 44.7 Å². The fraction of sp³-hybridized carbons (Fsp3) is 0.524. The molecule has 1 fully saturated rings. The van der Waals surface area contributed by atoms with Crippen LogP contribution in [0.4, 0.5) is 8.78 Å². The molecule has 0 radical (unpaired) electrons. The van der Waals surface area contributed by atoms with Gasteiger partial charge in [0.1, 0.15) is 11.6 Å². The summed E-state index contributed by atoms with van der Waals surface area (Å²) < 4.78 is 29.4. The van der Waals surface area contributed by atoms with Crippen molar-refractivity contribution in [3.63, 3.8) is 0 Å². The Labute approximate surface area is 188 Å². The number of aliphatic imine (C=N–C) groups is 1. The van der Waals surface area contributed by atoms with Crippen molar-refractivity contribution in [1.29, 1.82) is 0 Å². The number of rotatable bonds is 5. The third kappa shape index (κ3) is 5.90. The molecule has 0 spiro atoms. The van der Waals surface area contributed by atoms with E-state index in [9.17, 15) is 8.78 Å². The minimum absolute atomic E-state index is 0. The van der Waals surface area contributed by atoms with Gasteiger partial charge in [-0.15, -0.1) is 24.0 Å². The van der Waals surface area contributed by atoms with Gasteiger partial charge in [0.2, 0.25) is 0 Å². The van der Waals surface area contributed by atoms with E-state index in [1.54, 1.807) is 0 Å². The smallest absolute Gasteiger partial charge is 0.194 e. The summed E-state index contributed by atoms with van der Waals surface area (Å²) in [4.78, 5) is 11.2. The Morgan fingerprint density at radius 1 is 1.38 bits per heavy atom. The number of likely N-dealkylation sites (tertiary alicyclic amines) is 1. The van der Waals surface area contributed by atoms with E-state index in [4.69, 9.17) is 4.99 Å². The van der Waals surface area contributed by atoms with Crippen LogP contribution < -0.4 is 5.32 Å². The fourth-order valence-electron chi connectivity index (χ4n) is 3.74. The molecule has 2 heterocycles. The molecule has 1 aliphatic rings. The quantitative estimate of drug-likeness (QED) is 0.363. The first-order chi connectivity index (χ1) is 13.5. The first kappa shape index (κ1) is 23.6. The van der Waals surface area contributed by atoms with Gasteiger partial charge in [-0.05, 0) is 30.9 Å².